The van der Waals surface area contributed by atoms with Crippen LogP contribution in [-0.2, 0) is 26.7 Å². The number of hydrogen-bond donors (Lipinski definition) is 2. The Morgan fingerprint density at radius 3 is 2.33 bits per heavy atom. The highest BCUT2D eigenvalue weighted by atomic mass is 32.1. The van der Waals surface area contributed by atoms with Gasteiger partial charge in [-0.25, -0.2) is 9.50 Å². The van der Waals surface area contributed by atoms with E-state index in [2.05, 4.69) is 30.9 Å². The van der Waals surface area contributed by atoms with Crippen LogP contribution < -0.4 is 10.6 Å². The molecule has 0 aromatic carbocycles. The van der Waals surface area contributed by atoms with E-state index in [4.69, 9.17) is 0 Å². The van der Waals surface area contributed by atoms with Gasteiger partial charge in [-0.3, -0.25) is 19.0 Å². The van der Waals surface area contributed by atoms with Crippen LogP contribution in [-0.4, -0.2) is 46.0 Å². The molecule has 0 fully saturated rings. The molecule has 0 bridgehead atoms. The standard InChI is InChI=1S/C24H22F3N9O2S/c1-5-13-6-7-18(39-13)14-8-19(24(25,26)27)36-20(30-14)9-15(33-36)22(37)32-17-11-29-35(4)21(17)23(38)31-16-10-28-34(3)12(16)2/h6-11H,5H2,1-4H3,(H,31,38)(H,32,37). The molecule has 0 aliphatic rings. The van der Waals surface area contributed by atoms with Crippen LogP contribution in [0.1, 0.15) is 44.2 Å². The molecule has 0 aliphatic heterocycles. The van der Waals surface area contributed by atoms with Crippen molar-refractivity contribution in [2.75, 3.05) is 10.6 Å². The van der Waals surface area contributed by atoms with Crippen LogP contribution in [0.5, 0.6) is 0 Å². The van der Waals surface area contributed by atoms with Gasteiger partial charge in [-0.05, 0) is 31.5 Å². The Morgan fingerprint density at radius 2 is 1.69 bits per heavy atom. The van der Waals surface area contributed by atoms with E-state index in [1.165, 1.54) is 35.5 Å². The van der Waals surface area contributed by atoms with Crippen LogP contribution in [0.4, 0.5) is 24.5 Å². The first-order chi connectivity index (χ1) is 18.5. The van der Waals surface area contributed by atoms with Gasteiger partial charge >= 0.3 is 6.18 Å². The lowest BCUT2D eigenvalue weighted by atomic mass is 10.2. The van der Waals surface area contributed by atoms with E-state index >= 15 is 0 Å². The molecule has 5 aromatic rings. The van der Waals surface area contributed by atoms with E-state index < -0.39 is 23.7 Å². The van der Waals surface area contributed by atoms with E-state index in [0.29, 0.717) is 20.8 Å². The van der Waals surface area contributed by atoms with Gasteiger partial charge in [0.1, 0.15) is 5.69 Å². The molecule has 0 saturated heterocycles. The van der Waals surface area contributed by atoms with Crippen LogP contribution >= 0.6 is 11.3 Å². The third-order valence-corrected chi connectivity index (χ3v) is 7.35. The number of carbonyl (C=O) groups is 2. The molecule has 0 spiro atoms. The minimum absolute atomic E-state index is 0.0242. The molecule has 39 heavy (non-hydrogen) atoms. The molecule has 0 unspecified atom stereocenters. The number of hydrogen-bond acceptors (Lipinski definition) is 7. The normalized spacial score (nSPS) is 11.8. The summed E-state index contributed by atoms with van der Waals surface area (Å²) in [6, 6.07) is 5.63. The second-order valence-corrected chi connectivity index (χ2v) is 9.82. The number of halogens is 3. The fourth-order valence-electron chi connectivity index (χ4n) is 3.91. The molecule has 5 rings (SSSR count). The smallest absolute Gasteiger partial charge is 0.318 e. The minimum Gasteiger partial charge on any atom is -0.318 e. The molecule has 11 nitrogen and oxygen atoms in total. The summed E-state index contributed by atoms with van der Waals surface area (Å²) in [5.41, 5.74) is -0.146. The number of rotatable bonds is 6. The van der Waals surface area contributed by atoms with E-state index in [1.807, 2.05) is 13.0 Å². The van der Waals surface area contributed by atoms with Crippen LogP contribution in [0.3, 0.4) is 0 Å². The van der Waals surface area contributed by atoms with Crippen molar-refractivity contribution in [2.45, 2.75) is 26.4 Å². The van der Waals surface area contributed by atoms with Crippen LogP contribution in [0.15, 0.2) is 36.7 Å². The number of thiophene rings is 1. The lowest BCUT2D eigenvalue weighted by Gasteiger charge is -2.10. The number of alkyl halides is 3. The highest BCUT2D eigenvalue weighted by Gasteiger charge is 2.36. The summed E-state index contributed by atoms with van der Waals surface area (Å²) in [6.07, 6.45) is -1.26. The average Bonchev–Trinajstić information content (AvgIpc) is 3.66. The second-order valence-electron chi connectivity index (χ2n) is 8.65. The number of fused-ring (bicyclic) bond motifs is 1. The van der Waals surface area contributed by atoms with Crippen molar-refractivity contribution in [2.24, 2.45) is 14.1 Å². The van der Waals surface area contributed by atoms with Gasteiger partial charge in [-0.1, -0.05) is 6.92 Å². The first-order valence-electron chi connectivity index (χ1n) is 11.7. The van der Waals surface area contributed by atoms with Gasteiger partial charge in [0.15, 0.2) is 17.0 Å². The Balaban J connectivity index is 1.47. The summed E-state index contributed by atoms with van der Waals surface area (Å²) in [7, 11) is 3.24. The van der Waals surface area contributed by atoms with Gasteiger partial charge in [0.05, 0.1) is 40.0 Å². The fourth-order valence-corrected chi connectivity index (χ4v) is 4.81. The summed E-state index contributed by atoms with van der Waals surface area (Å²) in [5.74, 6) is -1.40. The molecule has 0 aliphatic carbocycles. The number of anilines is 2. The second kappa shape index (κ2) is 9.65. The lowest BCUT2D eigenvalue weighted by Crippen LogP contribution is -2.21. The summed E-state index contributed by atoms with van der Waals surface area (Å²) >= 11 is 1.35. The Hall–Kier alpha value is -4.53. The predicted octanol–water partition coefficient (Wildman–Crippen LogP) is 4.32. The Labute approximate surface area is 223 Å². The van der Waals surface area contributed by atoms with Crippen molar-refractivity contribution in [1.29, 1.82) is 0 Å². The summed E-state index contributed by atoms with van der Waals surface area (Å²) in [6.45, 7) is 3.72. The maximum atomic E-state index is 13.9. The topological polar surface area (TPSA) is 124 Å². The van der Waals surface area contributed by atoms with Crippen molar-refractivity contribution in [3.63, 3.8) is 0 Å². The van der Waals surface area contributed by atoms with Gasteiger partial charge in [-0.15, -0.1) is 11.3 Å². The Kier molecular flexibility index (Phi) is 6.46. The van der Waals surface area contributed by atoms with Crippen molar-refractivity contribution >= 4 is 40.2 Å². The largest absolute Gasteiger partial charge is 0.433 e. The molecule has 0 saturated carbocycles. The number of amides is 2. The van der Waals surface area contributed by atoms with Gasteiger partial charge in [0.25, 0.3) is 11.8 Å². The van der Waals surface area contributed by atoms with E-state index in [0.717, 1.165) is 23.4 Å². The first-order valence-corrected chi connectivity index (χ1v) is 12.5. The zero-order valence-corrected chi connectivity index (χ0v) is 22.0. The molecule has 2 N–H and O–H groups in total. The Bertz CT molecular complexity index is 1730. The van der Waals surface area contributed by atoms with Crippen molar-refractivity contribution in [3.8, 4) is 10.6 Å². The number of nitrogens with one attached hydrogen (secondary N) is 2. The molecular formula is C24H22F3N9O2S. The van der Waals surface area contributed by atoms with Crippen molar-refractivity contribution < 1.29 is 22.8 Å². The van der Waals surface area contributed by atoms with Crippen molar-refractivity contribution in [1.82, 2.24) is 34.2 Å². The van der Waals surface area contributed by atoms with Gasteiger partial charge in [0, 0.05) is 25.0 Å². The van der Waals surface area contributed by atoms with E-state index in [1.54, 1.807) is 24.7 Å². The molecule has 15 heteroatoms. The van der Waals surface area contributed by atoms with E-state index in [-0.39, 0.29) is 28.4 Å². The molecular weight excluding hydrogens is 535 g/mol. The molecule has 2 amide bonds. The molecule has 202 valence electrons. The zero-order chi connectivity index (χ0) is 28.1. The monoisotopic (exact) mass is 557 g/mol. The lowest BCUT2D eigenvalue weighted by molar-refractivity contribution is -0.142. The summed E-state index contributed by atoms with van der Waals surface area (Å²) in [4.78, 5) is 31.9. The Morgan fingerprint density at radius 1 is 1.00 bits per heavy atom. The summed E-state index contributed by atoms with van der Waals surface area (Å²) in [5, 5.41) is 17.2. The van der Waals surface area contributed by atoms with Crippen molar-refractivity contribution in [3.05, 3.63) is 64.3 Å². The van der Waals surface area contributed by atoms with Gasteiger partial charge < -0.3 is 10.6 Å². The van der Waals surface area contributed by atoms with Crippen LogP contribution in [0.2, 0.25) is 0 Å². The number of nitrogens with zero attached hydrogens (tertiary/aromatic N) is 7. The quantitative estimate of drug-likeness (QED) is 0.321. The fraction of sp³-hybridized carbons (Fsp3) is 0.250. The molecule has 5 heterocycles. The van der Waals surface area contributed by atoms with Gasteiger partial charge in [0.2, 0.25) is 0 Å². The maximum absolute atomic E-state index is 13.9. The SMILES string of the molecule is CCc1ccc(-c2cc(C(F)(F)F)n3nc(C(=O)Nc4cnn(C)c4C(=O)Nc4cnn(C)c4C)cc3n2)s1. The average molecular weight is 558 g/mol. The third-order valence-electron chi connectivity index (χ3n) is 6.10. The number of aryl methyl sites for hydroxylation is 3. The third kappa shape index (κ3) is 4.87. The van der Waals surface area contributed by atoms with Gasteiger partial charge in [-0.2, -0.15) is 28.5 Å². The van der Waals surface area contributed by atoms with Crippen LogP contribution in [0, 0.1) is 6.92 Å². The van der Waals surface area contributed by atoms with E-state index in [9.17, 15) is 22.8 Å². The highest BCUT2D eigenvalue weighted by molar-refractivity contribution is 7.15. The van der Waals surface area contributed by atoms with Crippen LogP contribution in [0.25, 0.3) is 16.2 Å². The highest BCUT2D eigenvalue weighted by Crippen LogP contribution is 2.34. The first kappa shape index (κ1) is 26.1. The number of aromatic nitrogens is 7. The zero-order valence-electron chi connectivity index (χ0n) is 21.2. The predicted molar refractivity (Wildman–Crippen MR) is 138 cm³/mol. The minimum atomic E-state index is -4.75. The molecule has 0 radical (unpaired) electrons. The molecule has 0 atom stereocenters. The maximum Gasteiger partial charge on any atom is 0.433 e. The molecule has 5 aromatic heterocycles. The number of carbonyl (C=O) groups excluding carboxylic acids is 2. The summed E-state index contributed by atoms with van der Waals surface area (Å²) < 4.78 is 45.3.